The molecule has 0 rings (SSSR count). The second-order valence-electron chi connectivity index (χ2n) is 11.8. The van der Waals surface area contributed by atoms with Crippen molar-refractivity contribution in [1.29, 1.82) is 0 Å². The topological polar surface area (TPSA) is 258 Å². The van der Waals surface area contributed by atoms with Gasteiger partial charge in [0.05, 0.1) is 32.7 Å². The number of aldehydes is 2. The van der Waals surface area contributed by atoms with Gasteiger partial charge in [-0.2, -0.15) is 0 Å². The third kappa shape index (κ3) is 74.2. The SMILES string of the molecule is CCN(C)C.CCN(C)C(=O)CN(C)C=O.CCNC(=O)CN(C)C.CCNC(C)C.CN(C=O)CC=O.CN(CC=O)C(=O)CNC=O.O=CNCC(=O)O. The largest absolute Gasteiger partial charge is 0.480 e. The average Bonchev–Trinajstić information content (AvgIpc) is 3.13. The second-order valence-corrected chi connectivity index (χ2v) is 11.8. The van der Waals surface area contributed by atoms with E-state index in [1.165, 1.54) is 21.7 Å². The minimum atomic E-state index is -1.04. The third-order valence-electron chi connectivity index (χ3n) is 5.53. The first kappa shape index (κ1) is 65.8. The van der Waals surface area contributed by atoms with Gasteiger partial charge < -0.3 is 65.4 Å². The molecule has 0 heterocycles. The van der Waals surface area contributed by atoms with E-state index >= 15 is 0 Å². The highest BCUT2D eigenvalue weighted by molar-refractivity contribution is 5.81. The smallest absolute Gasteiger partial charge is 0.322 e. The average molecular weight is 811 g/mol. The van der Waals surface area contributed by atoms with Crippen LogP contribution in [-0.2, 0) is 47.9 Å². The summed E-state index contributed by atoms with van der Waals surface area (Å²) in [5.74, 6) is -1.28. The van der Waals surface area contributed by atoms with Crippen LogP contribution in [0.2, 0.25) is 0 Å². The molecule has 0 fully saturated rings. The molecule has 21 heteroatoms. The van der Waals surface area contributed by atoms with Gasteiger partial charge in [-0.15, -0.1) is 0 Å². The summed E-state index contributed by atoms with van der Waals surface area (Å²) in [6.45, 7) is 16.4. The molecule has 0 saturated heterocycles. The molecule has 0 radical (unpaired) electrons. The molecule has 0 saturated carbocycles. The van der Waals surface area contributed by atoms with E-state index in [1.54, 1.807) is 26.0 Å². The fourth-order valence-electron chi connectivity index (χ4n) is 2.26. The van der Waals surface area contributed by atoms with Gasteiger partial charge in [-0.1, -0.05) is 27.7 Å². The molecule has 21 nitrogen and oxygen atoms in total. The van der Waals surface area contributed by atoms with E-state index in [1.807, 2.05) is 38.2 Å². The van der Waals surface area contributed by atoms with Crippen LogP contribution in [0.4, 0.5) is 0 Å². The Hall–Kier alpha value is -5.02. The summed E-state index contributed by atoms with van der Waals surface area (Å²) < 4.78 is 0. The second kappa shape index (κ2) is 52.1. The molecule has 330 valence electrons. The monoisotopic (exact) mass is 811 g/mol. The number of carboxylic acids is 1. The van der Waals surface area contributed by atoms with Gasteiger partial charge in [0, 0.05) is 47.3 Å². The molecule has 0 aliphatic heterocycles. The number of nitrogens with one attached hydrogen (secondary N) is 4. The Morgan fingerprint density at radius 2 is 1.05 bits per heavy atom. The molecule has 0 aliphatic rings. The van der Waals surface area contributed by atoms with Crippen molar-refractivity contribution in [3.8, 4) is 0 Å². The molecule has 5 N–H and O–H groups in total. The number of carbonyl (C=O) groups is 10. The van der Waals surface area contributed by atoms with Crippen molar-refractivity contribution in [3.63, 3.8) is 0 Å². The highest BCUT2D eigenvalue weighted by atomic mass is 16.4. The molecule has 0 aliphatic carbocycles. The molecule has 0 bridgehead atoms. The van der Waals surface area contributed by atoms with Crippen LogP contribution in [0.1, 0.15) is 41.5 Å². The number of nitrogens with zero attached hydrogens (tertiary/aromatic N) is 6. The van der Waals surface area contributed by atoms with Crippen molar-refractivity contribution >= 4 is 61.9 Å². The molecular weight excluding hydrogens is 736 g/mol. The molecule has 7 amide bonds. The Balaban J connectivity index is -0.000000102. The lowest BCUT2D eigenvalue weighted by molar-refractivity contribution is -0.137. The van der Waals surface area contributed by atoms with Crippen LogP contribution in [0.15, 0.2) is 0 Å². The summed E-state index contributed by atoms with van der Waals surface area (Å²) in [5.41, 5.74) is 0. The summed E-state index contributed by atoms with van der Waals surface area (Å²) >= 11 is 0. The van der Waals surface area contributed by atoms with E-state index < -0.39 is 5.97 Å². The van der Waals surface area contributed by atoms with Crippen LogP contribution in [0.5, 0.6) is 0 Å². The number of hydrogen-bond donors (Lipinski definition) is 5. The standard InChI is InChI=1S/C7H14N2O2.C6H10N2O3.C6H14N2O.C5H13N.C4H7NO2.C4H11N.C3H5NO3/c1-4-9(3)7(11)5-8(2)6-10;1-8(2-3-9)6(11)4-7-5-10;1-4-7-6(9)5-8(2)3;1-4-6-5(2)3;1-5(4-7)2-3-6;1-4-5(2)3;5-2-4-1-3(6)7/h6H,4-5H2,1-3H3;3,5H,2,4H2,1H3,(H,7,10);4-5H2,1-3H3,(H,7,9);5-6H,4H2,1-3H3;3-4H,2H2,1H3;4H2,1-3H3;2H,1H2,(H,4,5)(H,6,7). The highest BCUT2D eigenvalue weighted by Crippen LogP contribution is 1.85. The Kier molecular flexibility index (Phi) is 61.2. The quantitative estimate of drug-likeness (QED) is 0.0740. The van der Waals surface area contributed by atoms with Crippen LogP contribution in [0.3, 0.4) is 0 Å². The van der Waals surface area contributed by atoms with E-state index in [-0.39, 0.29) is 50.4 Å². The minimum Gasteiger partial charge on any atom is -0.480 e. The Morgan fingerprint density at radius 3 is 1.30 bits per heavy atom. The Bertz CT molecular complexity index is 1010. The summed E-state index contributed by atoms with van der Waals surface area (Å²) in [7, 11) is 14.2. The number of hydrogen-bond acceptors (Lipinski definition) is 13. The maximum absolute atomic E-state index is 11.1. The summed E-state index contributed by atoms with van der Waals surface area (Å²) in [4.78, 5) is 110. The van der Waals surface area contributed by atoms with E-state index in [9.17, 15) is 47.9 Å². The maximum atomic E-state index is 11.1. The van der Waals surface area contributed by atoms with E-state index in [2.05, 4.69) is 62.6 Å². The molecule has 0 unspecified atom stereocenters. The van der Waals surface area contributed by atoms with E-state index in [4.69, 9.17) is 5.11 Å². The fourth-order valence-corrected chi connectivity index (χ4v) is 2.26. The van der Waals surface area contributed by atoms with E-state index in [0.29, 0.717) is 63.9 Å². The van der Waals surface area contributed by atoms with Crippen molar-refractivity contribution < 1.29 is 53.1 Å². The van der Waals surface area contributed by atoms with Gasteiger partial charge >= 0.3 is 5.97 Å². The Labute approximate surface area is 334 Å². The first-order valence-corrected chi connectivity index (χ1v) is 17.6. The minimum absolute atomic E-state index is 0.0397. The normalized spacial score (nSPS) is 8.80. The predicted molar refractivity (Wildman–Crippen MR) is 217 cm³/mol. The third-order valence-corrected chi connectivity index (χ3v) is 5.53. The van der Waals surface area contributed by atoms with Crippen LogP contribution >= 0.6 is 0 Å². The maximum Gasteiger partial charge on any atom is 0.322 e. The first-order chi connectivity index (χ1) is 26.1. The lowest BCUT2D eigenvalue weighted by Crippen LogP contribution is -2.35. The van der Waals surface area contributed by atoms with Crippen molar-refractivity contribution in [2.75, 3.05) is 122 Å². The number of carboxylic acid groups (broad SMARTS) is 1. The molecule has 56 heavy (non-hydrogen) atoms. The van der Waals surface area contributed by atoms with Gasteiger partial charge in [0.15, 0.2) is 0 Å². The van der Waals surface area contributed by atoms with Crippen LogP contribution in [-0.4, -0.2) is 224 Å². The van der Waals surface area contributed by atoms with Crippen molar-refractivity contribution in [1.82, 2.24) is 50.7 Å². The molecule has 0 aromatic rings. The zero-order valence-electron chi connectivity index (χ0n) is 36.3. The van der Waals surface area contributed by atoms with Gasteiger partial charge in [0.25, 0.3) is 0 Å². The molecular formula is C35H74N10O11. The fraction of sp³-hybridized carbons (Fsp3) is 0.714. The van der Waals surface area contributed by atoms with Gasteiger partial charge in [0.2, 0.25) is 43.4 Å². The number of carbonyl (C=O) groups excluding carboxylic acids is 9. The lowest BCUT2D eigenvalue weighted by Gasteiger charge is -2.17. The van der Waals surface area contributed by atoms with Gasteiger partial charge in [-0.3, -0.25) is 38.4 Å². The van der Waals surface area contributed by atoms with Gasteiger partial charge in [0.1, 0.15) is 19.1 Å². The predicted octanol–water partition coefficient (Wildman–Crippen LogP) is -2.71. The summed E-state index contributed by atoms with van der Waals surface area (Å²) in [5, 5.41) is 17.9. The van der Waals surface area contributed by atoms with Gasteiger partial charge in [-0.05, 0) is 55.1 Å². The number of rotatable bonds is 21. The zero-order valence-corrected chi connectivity index (χ0v) is 36.3. The van der Waals surface area contributed by atoms with Crippen LogP contribution < -0.4 is 21.3 Å². The number of amides is 7. The van der Waals surface area contributed by atoms with Crippen LogP contribution in [0, 0.1) is 0 Å². The highest BCUT2D eigenvalue weighted by Gasteiger charge is 2.08. The summed E-state index contributed by atoms with van der Waals surface area (Å²) in [6.07, 6.45) is 3.32. The first-order valence-electron chi connectivity index (χ1n) is 17.6. The number of aliphatic carboxylic acids is 1. The lowest BCUT2D eigenvalue weighted by atomic mass is 10.4. The summed E-state index contributed by atoms with van der Waals surface area (Å²) in [6, 6.07) is 0.648. The molecule has 0 aromatic carbocycles. The van der Waals surface area contributed by atoms with Crippen molar-refractivity contribution in [2.45, 2.75) is 47.6 Å². The van der Waals surface area contributed by atoms with Crippen molar-refractivity contribution in [2.24, 2.45) is 0 Å². The number of likely N-dealkylation sites (N-methyl/N-ethyl adjacent to an activating group) is 6. The van der Waals surface area contributed by atoms with Crippen LogP contribution in [0.25, 0.3) is 0 Å². The molecule has 0 atom stereocenters. The molecule has 0 spiro atoms. The zero-order chi connectivity index (χ0) is 45.5. The Morgan fingerprint density at radius 1 is 0.589 bits per heavy atom. The molecule has 0 aromatic heterocycles. The van der Waals surface area contributed by atoms with Crippen molar-refractivity contribution in [3.05, 3.63) is 0 Å². The van der Waals surface area contributed by atoms with Gasteiger partial charge in [-0.25, -0.2) is 0 Å². The van der Waals surface area contributed by atoms with E-state index in [0.717, 1.165) is 13.1 Å².